The quantitative estimate of drug-likeness (QED) is 0.550. The van der Waals surface area contributed by atoms with Crippen LogP contribution in [0.3, 0.4) is 0 Å². The molecule has 1 saturated carbocycles. The van der Waals surface area contributed by atoms with Crippen molar-refractivity contribution >= 4 is 5.91 Å². The molecule has 0 aromatic heterocycles. The zero-order valence-electron chi connectivity index (χ0n) is 7.31. The molecule has 3 nitrogen and oxygen atoms in total. The van der Waals surface area contributed by atoms with Gasteiger partial charge in [-0.1, -0.05) is 19.3 Å². The molecule has 1 amide bonds. The van der Waals surface area contributed by atoms with E-state index in [1.807, 2.05) is 0 Å². The molecule has 1 aliphatic carbocycles. The number of carbonyl (C=O) groups excluding carboxylic acids is 1. The molecule has 2 atom stereocenters. The zero-order valence-corrected chi connectivity index (χ0v) is 7.31. The summed E-state index contributed by atoms with van der Waals surface area (Å²) in [5, 5.41) is 6.36. The van der Waals surface area contributed by atoms with E-state index < -0.39 is 0 Å². The van der Waals surface area contributed by atoms with Gasteiger partial charge in [-0.2, -0.15) is 0 Å². The first-order valence-corrected chi connectivity index (χ1v) is 4.89. The summed E-state index contributed by atoms with van der Waals surface area (Å²) in [6.45, 7) is 0.515. The average molecular weight is 168 g/mol. The highest BCUT2D eigenvalue weighted by atomic mass is 16.2. The minimum atomic E-state index is 0.165. The number of hydrogen-bond acceptors (Lipinski definition) is 2. The standard InChI is InChI=1S/C9H16N2O/c12-9-6-10-7-4-2-1-3-5-8(7)11-9/h7-8,10H,1-6H2,(H,11,12). The molecule has 0 bridgehead atoms. The minimum Gasteiger partial charge on any atom is -0.351 e. The second kappa shape index (κ2) is 3.44. The van der Waals surface area contributed by atoms with Crippen LogP contribution in [0.1, 0.15) is 32.1 Å². The number of fused-ring (bicyclic) bond motifs is 1. The lowest BCUT2D eigenvalue weighted by Gasteiger charge is -2.31. The third-order valence-electron chi connectivity index (χ3n) is 2.89. The minimum absolute atomic E-state index is 0.165. The number of nitrogens with one attached hydrogen (secondary N) is 2. The Morgan fingerprint density at radius 2 is 1.83 bits per heavy atom. The van der Waals surface area contributed by atoms with E-state index >= 15 is 0 Å². The van der Waals surface area contributed by atoms with Crippen LogP contribution in [0.25, 0.3) is 0 Å². The van der Waals surface area contributed by atoms with Crippen molar-refractivity contribution < 1.29 is 4.79 Å². The summed E-state index contributed by atoms with van der Waals surface area (Å²) in [5.74, 6) is 0.165. The first-order valence-electron chi connectivity index (χ1n) is 4.89. The highest BCUT2D eigenvalue weighted by Gasteiger charge is 2.28. The number of piperazine rings is 1. The van der Waals surface area contributed by atoms with Gasteiger partial charge >= 0.3 is 0 Å². The number of rotatable bonds is 0. The molecule has 0 aromatic carbocycles. The Morgan fingerprint density at radius 3 is 2.67 bits per heavy atom. The maximum atomic E-state index is 11.1. The van der Waals surface area contributed by atoms with Gasteiger partial charge in [-0.05, 0) is 12.8 Å². The molecule has 2 fully saturated rings. The van der Waals surface area contributed by atoms with Crippen LogP contribution in [0, 0.1) is 0 Å². The van der Waals surface area contributed by atoms with Gasteiger partial charge in [-0.25, -0.2) is 0 Å². The molecule has 12 heavy (non-hydrogen) atoms. The Balaban J connectivity index is 1.99. The van der Waals surface area contributed by atoms with E-state index in [2.05, 4.69) is 10.6 Å². The molecular formula is C9H16N2O. The van der Waals surface area contributed by atoms with Crippen LogP contribution in [0.4, 0.5) is 0 Å². The second-order valence-electron chi connectivity index (χ2n) is 3.80. The van der Waals surface area contributed by atoms with Crippen molar-refractivity contribution in [2.75, 3.05) is 6.54 Å². The van der Waals surface area contributed by atoms with Gasteiger partial charge in [-0.3, -0.25) is 4.79 Å². The number of hydrogen-bond donors (Lipinski definition) is 2. The highest BCUT2D eigenvalue weighted by Crippen LogP contribution is 2.19. The summed E-state index contributed by atoms with van der Waals surface area (Å²) >= 11 is 0. The van der Waals surface area contributed by atoms with Crippen molar-refractivity contribution in [2.24, 2.45) is 0 Å². The van der Waals surface area contributed by atoms with Gasteiger partial charge in [0.2, 0.25) is 5.91 Å². The molecule has 2 aliphatic rings. The monoisotopic (exact) mass is 168 g/mol. The fourth-order valence-electron chi connectivity index (χ4n) is 2.21. The fraction of sp³-hybridized carbons (Fsp3) is 0.889. The van der Waals surface area contributed by atoms with E-state index in [0.29, 0.717) is 18.6 Å². The van der Waals surface area contributed by atoms with E-state index in [9.17, 15) is 4.79 Å². The Bertz CT molecular complexity index is 181. The molecule has 2 unspecified atom stereocenters. The predicted octanol–water partition coefficient (Wildman–Crippen LogP) is 0.407. The van der Waals surface area contributed by atoms with Gasteiger partial charge in [-0.15, -0.1) is 0 Å². The number of amides is 1. The van der Waals surface area contributed by atoms with Gasteiger partial charge in [0, 0.05) is 12.1 Å². The fourth-order valence-corrected chi connectivity index (χ4v) is 2.21. The van der Waals surface area contributed by atoms with Crippen molar-refractivity contribution in [2.45, 2.75) is 44.2 Å². The van der Waals surface area contributed by atoms with Crippen LogP contribution in [0.2, 0.25) is 0 Å². The van der Waals surface area contributed by atoms with Gasteiger partial charge < -0.3 is 10.6 Å². The van der Waals surface area contributed by atoms with Crippen molar-refractivity contribution in [3.63, 3.8) is 0 Å². The molecule has 1 aliphatic heterocycles. The van der Waals surface area contributed by atoms with E-state index in [1.54, 1.807) is 0 Å². The summed E-state index contributed by atoms with van der Waals surface area (Å²) in [7, 11) is 0. The lowest BCUT2D eigenvalue weighted by molar-refractivity contribution is -0.122. The van der Waals surface area contributed by atoms with E-state index in [1.165, 1.54) is 25.7 Å². The summed E-state index contributed by atoms with van der Waals surface area (Å²) in [6, 6.07) is 0.957. The molecule has 1 saturated heterocycles. The lowest BCUT2D eigenvalue weighted by Crippen LogP contribution is -2.58. The Hall–Kier alpha value is -0.570. The van der Waals surface area contributed by atoms with E-state index in [-0.39, 0.29) is 5.91 Å². The molecule has 0 spiro atoms. The molecule has 2 rings (SSSR count). The summed E-state index contributed by atoms with van der Waals surface area (Å²) in [4.78, 5) is 11.1. The molecule has 3 heteroatoms. The van der Waals surface area contributed by atoms with Gasteiger partial charge in [0.25, 0.3) is 0 Å². The Kier molecular flexibility index (Phi) is 2.30. The number of carbonyl (C=O) groups is 1. The summed E-state index contributed by atoms with van der Waals surface area (Å²) in [6.07, 6.45) is 6.28. The average Bonchev–Trinajstić information content (AvgIpc) is 2.28. The van der Waals surface area contributed by atoms with E-state index in [4.69, 9.17) is 0 Å². The molecular weight excluding hydrogens is 152 g/mol. The van der Waals surface area contributed by atoms with Crippen molar-refractivity contribution in [1.29, 1.82) is 0 Å². The van der Waals surface area contributed by atoms with Crippen molar-refractivity contribution in [3.8, 4) is 0 Å². The zero-order chi connectivity index (χ0) is 8.39. The lowest BCUT2D eigenvalue weighted by atomic mass is 10.0. The molecule has 2 N–H and O–H groups in total. The molecule has 68 valence electrons. The second-order valence-corrected chi connectivity index (χ2v) is 3.80. The molecule has 0 radical (unpaired) electrons. The van der Waals surface area contributed by atoms with Crippen LogP contribution in [-0.4, -0.2) is 24.5 Å². The van der Waals surface area contributed by atoms with Gasteiger partial charge in [0.05, 0.1) is 6.54 Å². The van der Waals surface area contributed by atoms with Gasteiger partial charge in [0.15, 0.2) is 0 Å². The molecule has 0 aromatic rings. The van der Waals surface area contributed by atoms with Crippen molar-refractivity contribution in [1.82, 2.24) is 10.6 Å². The Morgan fingerprint density at radius 1 is 1.08 bits per heavy atom. The smallest absolute Gasteiger partial charge is 0.234 e. The molecule has 1 heterocycles. The topological polar surface area (TPSA) is 41.1 Å². The van der Waals surface area contributed by atoms with Crippen molar-refractivity contribution in [3.05, 3.63) is 0 Å². The first-order chi connectivity index (χ1) is 5.86. The van der Waals surface area contributed by atoms with Crippen LogP contribution in [0.5, 0.6) is 0 Å². The predicted molar refractivity (Wildman–Crippen MR) is 46.8 cm³/mol. The van der Waals surface area contributed by atoms with Crippen LogP contribution >= 0.6 is 0 Å². The third-order valence-corrected chi connectivity index (χ3v) is 2.89. The summed E-state index contributed by atoms with van der Waals surface area (Å²) < 4.78 is 0. The highest BCUT2D eigenvalue weighted by molar-refractivity contribution is 5.79. The summed E-state index contributed by atoms with van der Waals surface area (Å²) in [5.41, 5.74) is 0. The van der Waals surface area contributed by atoms with E-state index in [0.717, 1.165) is 6.42 Å². The largest absolute Gasteiger partial charge is 0.351 e. The third kappa shape index (κ3) is 1.61. The van der Waals surface area contributed by atoms with Crippen LogP contribution < -0.4 is 10.6 Å². The van der Waals surface area contributed by atoms with Crippen LogP contribution in [-0.2, 0) is 4.79 Å². The van der Waals surface area contributed by atoms with Gasteiger partial charge in [0.1, 0.15) is 0 Å². The normalized spacial score (nSPS) is 36.5. The maximum Gasteiger partial charge on any atom is 0.234 e. The SMILES string of the molecule is O=C1CNC2CCCCCC2N1. The maximum absolute atomic E-state index is 11.1. The Labute approximate surface area is 72.9 Å². The first kappa shape index (κ1) is 8.05. The van der Waals surface area contributed by atoms with Crippen LogP contribution in [0.15, 0.2) is 0 Å².